The van der Waals surface area contributed by atoms with Crippen LogP contribution in [-0.2, 0) is 0 Å². The Hall–Kier alpha value is -2.80. The minimum absolute atomic E-state index is 0.0913. The van der Waals surface area contributed by atoms with Gasteiger partial charge in [-0.25, -0.2) is 0 Å². The van der Waals surface area contributed by atoms with Crippen molar-refractivity contribution in [3.8, 4) is 0 Å². The molecular weight excluding hydrogens is 298 g/mol. The predicted molar refractivity (Wildman–Crippen MR) is 84.0 cm³/mol. The van der Waals surface area contributed by atoms with Crippen LogP contribution >= 0.6 is 0 Å². The quantitative estimate of drug-likeness (QED) is 0.627. The molecule has 23 heavy (non-hydrogen) atoms. The van der Waals surface area contributed by atoms with Crippen LogP contribution in [0.2, 0.25) is 0 Å². The lowest BCUT2D eigenvalue weighted by Crippen LogP contribution is -2.30. The number of amides is 1. The van der Waals surface area contributed by atoms with Crippen molar-refractivity contribution in [2.45, 2.75) is 19.4 Å². The third-order valence-electron chi connectivity index (χ3n) is 3.45. The van der Waals surface area contributed by atoms with Crippen LogP contribution < -0.4 is 5.32 Å². The molecule has 2 aromatic rings. The molecule has 7 nitrogen and oxygen atoms in total. The molecule has 0 aliphatic heterocycles. The molecule has 1 unspecified atom stereocenters. The number of aliphatic hydroxyl groups excluding tert-OH is 1. The topological polar surface area (TPSA) is 105 Å². The highest BCUT2D eigenvalue weighted by atomic mass is 16.6. The summed E-state index contributed by atoms with van der Waals surface area (Å²) in [5, 5.41) is 22.8. The second-order valence-corrected chi connectivity index (χ2v) is 5.03. The SMILES string of the molecule is Cc1ncc([N+](=O)[O-])cc1C(=O)NC(CCO)c1ccccc1. The molecule has 0 aliphatic rings. The largest absolute Gasteiger partial charge is 0.396 e. The maximum Gasteiger partial charge on any atom is 0.288 e. The molecule has 120 valence electrons. The third-order valence-corrected chi connectivity index (χ3v) is 3.45. The highest BCUT2D eigenvalue weighted by molar-refractivity contribution is 5.96. The van der Waals surface area contributed by atoms with Crippen LogP contribution in [0.4, 0.5) is 5.69 Å². The lowest BCUT2D eigenvalue weighted by Gasteiger charge is -2.18. The normalized spacial score (nSPS) is 11.7. The average molecular weight is 315 g/mol. The summed E-state index contributed by atoms with van der Waals surface area (Å²) in [6.07, 6.45) is 1.46. The lowest BCUT2D eigenvalue weighted by atomic mass is 10.0. The second kappa shape index (κ2) is 7.46. The van der Waals surface area contributed by atoms with Crippen molar-refractivity contribution in [2.75, 3.05) is 6.61 Å². The molecule has 0 spiro atoms. The van der Waals surface area contributed by atoms with E-state index in [9.17, 15) is 20.0 Å². The zero-order chi connectivity index (χ0) is 16.8. The van der Waals surface area contributed by atoms with Crippen LogP contribution in [0.25, 0.3) is 0 Å². The molecule has 2 rings (SSSR count). The Bertz CT molecular complexity index is 704. The monoisotopic (exact) mass is 315 g/mol. The first-order valence-corrected chi connectivity index (χ1v) is 7.10. The number of hydrogen-bond acceptors (Lipinski definition) is 5. The molecular formula is C16H17N3O4. The van der Waals surface area contributed by atoms with Gasteiger partial charge in [0.1, 0.15) is 6.20 Å². The van der Waals surface area contributed by atoms with E-state index in [0.29, 0.717) is 12.1 Å². The number of nitro groups is 1. The number of carbonyl (C=O) groups excluding carboxylic acids is 1. The predicted octanol–water partition coefficient (Wildman–Crippen LogP) is 2.15. The Labute approximate surface area is 133 Å². The zero-order valence-electron chi connectivity index (χ0n) is 12.6. The van der Waals surface area contributed by atoms with Gasteiger partial charge < -0.3 is 10.4 Å². The molecule has 2 N–H and O–H groups in total. The van der Waals surface area contributed by atoms with Gasteiger partial charge in [-0.3, -0.25) is 19.9 Å². The highest BCUT2D eigenvalue weighted by Crippen LogP contribution is 2.19. The number of aromatic nitrogens is 1. The summed E-state index contributed by atoms with van der Waals surface area (Å²) in [7, 11) is 0. The van der Waals surface area contributed by atoms with Crippen molar-refractivity contribution in [1.29, 1.82) is 0 Å². The van der Waals surface area contributed by atoms with Gasteiger partial charge >= 0.3 is 0 Å². The first kappa shape index (κ1) is 16.6. The van der Waals surface area contributed by atoms with Crippen molar-refractivity contribution in [3.63, 3.8) is 0 Å². The summed E-state index contributed by atoms with van der Waals surface area (Å²) in [6, 6.07) is 10.1. The second-order valence-electron chi connectivity index (χ2n) is 5.03. The van der Waals surface area contributed by atoms with Crippen LogP contribution in [-0.4, -0.2) is 27.5 Å². The number of pyridine rings is 1. The van der Waals surface area contributed by atoms with Crippen LogP contribution in [0.15, 0.2) is 42.6 Å². The van der Waals surface area contributed by atoms with Crippen LogP contribution in [0, 0.1) is 17.0 Å². The molecule has 1 aromatic carbocycles. The lowest BCUT2D eigenvalue weighted by molar-refractivity contribution is -0.385. The molecule has 0 radical (unpaired) electrons. The van der Waals surface area contributed by atoms with Crippen molar-refractivity contribution in [2.24, 2.45) is 0 Å². The molecule has 1 atom stereocenters. The summed E-state index contributed by atoms with van der Waals surface area (Å²) in [4.78, 5) is 26.6. The number of aryl methyl sites for hydroxylation is 1. The number of nitrogens with zero attached hydrogens (tertiary/aromatic N) is 2. The maximum absolute atomic E-state index is 12.4. The Morgan fingerprint density at radius 3 is 2.70 bits per heavy atom. The van der Waals surface area contributed by atoms with Gasteiger partial charge in [-0.05, 0) is 18.9 Å². The number of hydrogen-bond donors (Lipinski definition) is 2. The summed E-state index contributed by atoms with van der Waals surface area (Å²) in [5.41, 5.74) is 1.17. The summed E-state index contributed by atoms with van der Waals surface area (Å²) in [5.74, 6) is -0.457. The fourth-order valence-electron chi connectivity index (χ4n) is 2.22. The molecule has 1 heterocycles. The van der Waals surface area contributed by atoms with Gasteiger partial charge in [-0.15, -0.1) is 0 Å². The molecule has 0 fully saturated rings. The van der Waals surface area contributed by atoms with E-state index >= 15 is 0 Å². The summed E-state index contributed by atoms with van der Waals surface area (Å²) < 4.78 is 0. The summed E-state index contributed by atoms with van der Waals surface area (Å²) in [6.45, 7) is 1.52. The molecule has 0 bridgehead atoms. The highest BCUT2D eigenvalue weighted by Gasteiger charge is 2.19. The van der Waals surface area contributed by atoms with E-state index in [4.69, 9.17) is 0 Å². The first-order valence-electron chi connectivity index (χ1n) is 7.10. The van der Waals surface area contributed by atoms with E-state index in [1.54, 1.807) is 6.92 Å². The number of carbonyl (C=O) groups is 1. The minimum Gasteiger partial charge on any atom is -0.396 e. The number of aliphatic hydroxyl groups is 1. The number of nitrogens with one attached hydrogen (secondary N) is 1. The molecule has 1 aromatic heterocycles. The Morgan fingerprint density at radius 1 is 1.39 bits per heavy atom. The van der Waals surface area contributed by atoms with E-state index in [2.05, 4.69) is 10.3 Å². The van der Waals surface area contributed by atoms with E-state index < -0.39 is 10.8 Å². The van der Waals surface area contributed by atoms with Crippen LogP contribution in [0.5, 0.6) is 0 Å². The van der Waals surface area contributed by atoms with Crippen molar-refractivity contribution < 1.29 is 14.8 Å². The van der Waals surface area contributed by atoms with Gasteiger partial charge in [0.25, 0.3) is 11.6 Å². The fraction of sp³-hybridized carbons (Fsp3) is 0.250. The van der Waals surface area contributed by atoms with Crippen molar-refractivity contribution in [3.05, 3.63) is 69.5 Å². The Morgan fingerprint density at radius 2 is 2.09 bits per heavy atom. The van der Waals surface area contributed by atoms with Gasteiger partial charge in [0.2, 0.25) is 0 Å². The van der Waals surface area contributed by atoms with Crippen LogP contribution in [0.3, 0.4) is 0 Å². The Kier molecular flexibility index (Phi) is 5.37. The van der Waals surface area contributed by atoms with Gasteiger partial charge in [0, 0.05) is 12.7 Å². The molecule has 7 heteroatoms. The third kappa shape index (κ3) is 4.10. The first-order chi connectivity index (χ1) is 11.0. The van der Waals surface area contributed by atoms with Gasteiger partial charge in [0.05, 0.1) is 22.2 Å². The van der Waals surface area contributed by atoms with E-state index in [-0.39, 0.29) is 23.9 Å². The zero-order valence-corrected chi connectivity index (χ0v) is 12.6. The van der Waals surface area contributed by atoms with E-state index in [1.807, 2.05) is 30.3 Å². The summed E-state index contributed by atoms with van der Waals surface area (Å²) >= 11 is 0. The Balaban J connectivity index is 2.25. The van der Waals surface area contributed by atoms with Gasteiger partial charge in [-0.2, -0.15) is 0 Å². The van der Waals surface area contributed by atoms with E-state index in [1.165, 1.54) is 6.07 Å². The van der Waals surface area contributed by atoms with Crippen molar-refractivity contribution >= 4 is 11.6 Å². The molecule has 0 aliphatic carbocycles. The van der Waals surface area contributed by atoms with Crippen LogP contribution in [0.1, 0.15) is 34.1 Å². The average Bonchev–Trinajstić information content (AvgIpc) is 2.55. The number of benzene rings is 1. The fourth-order valence-corrected chi connectivity index (χ4v) is 2.22. The van der Waals surface area contributed by atoms with Gasteiger partial charge in [0.15, 0.2) is 0 Å². The maximum atomic E-state index is 12.4. The number of rotatable bonds is 6. The molecule has 0 saturated heterocycles. The van der Waals surface area contributed by atoms with Gasteiger partial charge in [-0.1, -0.05) is 30.3 Å². The molecule has 0 saturated carbocycles. The van der Waals surface area contributed by atoms with E-state index in [0.717, 1.165) is 11.8 Å². The molecule has 1 amide bonds. The van der Waals surface area contributed by atoms with Crippen molar-refractivity contribution in [1.82, 2.24) is 10.3 Å². The minimum atomic E-state index is -0.592. The smallest absolute Gasteiger partial charge is 0.288 e. The standard InChI is InChI=1S/C16H17N3O4/c1-11-14(9-13(10-17-11)19(22)23)16(21)18-15(7-8-20)12-5-3-2-4-6-12/h2-6,9-10,15,20H,7-8H2,1H3,(H,18,21).